The summed E-state index contributed by atoms with van der Waals surface area (Å²) in [5, 5.41) is 37.3. The zero-order valence-electron chi connectivity index (χ0n) is 33.5. The number of aromatic nitrogens is 8. The van der Waals surface area contributed by atoms with Crippen LogP contribution in [-0.4, -0.2) is 106 Å². The summed E-state index contributed by atoms with van der Waals surface area (Å²) in [6, 6.07) is 17.0. The fraction of sp³-hybridized carbons (Fsp3) is 0.444. The van der Waals surface area contributed by atoms with Gasteiger partial charge in [-0.15, -0.1) is 20.4 Å². The SMILES string of the molecule is COc1ccc(Cn2nnc(-c3c(C4CCC(NS(C)(=O)=O)CC4)cccc3S(N)(=O)=O)n2)cc1.CS(=O)(=O)NC1CCC(c2cccc(S(N)(=O)=O)c2-c2nn[nH]n2)CC1. The Balaban J connectivity index is 0.000000213. The number of nitrogens with one attached hydrogen (secondary N) is 3. The predicted molar refractivity (Wildman–Crippen MR) is 224 cm³/mol. The zero-order valence-corrected chi connectivity index (χ0v) is 36.8. The number of nitrogens with two attached hydrogens (primary N) is 2. The maximum Gasteiger partial charge on any atom is 0.238 e. The van der Waals surface area contributed by atoms with E-state index < -0.39 is 40.1 Å². The van der Waals surface area contributed by atoms with Crippen LogP contribution in [0.1, 0.15) is 79.9 Å². The number of hydrogen-bond donors (Lipinski definition) is 5. The number of aromatic amines is 1. The normalized spacial score (nSPS) is 20.1. The molecule has 7 rings (SSSR count). The molecule has 0 bridgehead atoms. The van der Waals surface area contributed by atoms with Gasteiger partial charge in [-0.25, -0.2) is 53.4 Å². The van der Waals surface area contributed by atoms with Crippen molar-refractivity contribution < 1.29 is 38.4 Å². The number of methoxy groups -OCH3 is 1. The third kappa shape index (κ3) is 12.2. The van der Waals surface area contributed by atoms with Crippen molar-refractivity contribution in [3.05, 3.63) is 77.4 Å². The fourth-order valence-electron chi connectivity index (χ4n) is 7.95. The standard InChI is InChI=1S/C22H28N6O5S2.C14H20N6O4S2/c1-33-18-12-6-15(7-13-18)14-28-25-22(24-27-28)21-19(4-3-5-20(21)35(23,31)32)16-8-10-17(11-9-16)26-34(2,29)30;1-25(21,22)18-10-7-5-9(6-8-10)11-3-2-4-12(26(15,23)24)13(11)14-16-19-20-17-14/h3-7,12-13,16-17,26H,8-11,14H2,1-2H3,(H2,23,31,32);2-4,9-10,18H,5-8H2,1H3,(H2,15,23,24)(H,16,17,19,20). The molecule has 0 atom stereocenters. The Bertz CT molecular complexity index is 2750. The van der Waals surface area contributed by atoms with Crippen LogP contribution in [0.4, 0.5) is 0 Å². The average molecular weight is 921 g/mol. The lowest BCUT2D eigenvalue weighted by molar-refractivity contribution is 0.374. The van der Waals surface area contributed by atoms with E-state index >= 15 is 0 Å². The molecule has 0 aliphatic heterocycles. The van der Waals surface area contributed by atoms with E-state index in [0.717, 1.165) is 35.0 Å². The second-order valence-electron chi connectivity index (χ2n) is 15.1. The molecule has 7 N–H and O–H groups in total. The first-order chi connectivity index (χ1) is 28.7. The molecule has 5 aromatic rings. The number of sulfonamides is 4. The van der Waals surface area contributed by atoms with E-state index in [1.165, 1.54) is 16.9 Å². The first-order valence-corrected chi connectivity index (χ1v) is 26.0. The summed E-state index contributed by atoms with van der Waals surface area (Å²) in [7, 11) is -13.0. The number of nitrogens with zero attached hydrogens (tertiary/aromatic N) is 7. The number of primary sulfonamides is 2. The van der Waals surface area contributed by atoms with Crippen LogP contribution in [-0.2, 0) is 46.6 Å². The van der Waals surface area contributed by atoms with Crippen molar-refractivity contribution in [3.63, 3.8) is 0 Å². The molecule has 2 aliphatic carbocycles. The molecule has 2 saturated carbocycles. The lowest BCUT2D eigenvalue weighted by atomic mass is 9.80. The molecule has 0 amide bonds. The molecular formula is C36H48N12O9S4. The molecule has 61 heavy (non-hydrogen) atoms. The van der Waals surface area contributed by atoms with Gasteiger partial charge in [0.05, 0.1) is 36.0 Å². The van der Waals surface area contributed by atoms with Gasteiger partial charge in [0.1, 0.15) is 5.75 Å². The van der Waals surface area contributed by atoms with Gasteiger partial charge in [-0.1, -0.05) is 36.4 Å². The number of benzene rings is 3. The molecule has 25 heteroatoms. The third-order valence-electron chi connectivity index (χ3n) is 10.6. The van der Waals surface area contributed by atoms with E-state index in [1.54, 1.807) is 19.2 Å². The van der Waals surface area contributed by atoms with Gasteiger partial charge in [-0.2, -0.15) is 10.0 Å². The van der Waals surface area contributed by atoms with Crippen LogP contribution < -0.4 is 24.5 Å². The Morgan fingerprint density at radius 3 is 1.56 bits per heavy atom. The minimum Gasteiger partial charge on any atom is -0.497 e. The summed E-state index contributed by atoms with van der Waals surface area (Å²) in [6.07, 6.45) is 7.62. The topological polar surface area (TPSA) is 320 Å². The van der Waals surface area contributed by atoms with Gasteiger partial charge in [-0.05, 0) is 115 Å². The van der Waals surface area contributed by atoms with Gasteiger partial charge in [0, 0.05) is 23.2 Å². The molecule has 0 saturated heterocycles. The van der Waals surface area contributed by atoms with Gasteiger partial charge in [0.2, 0.25) is 51.7 Å². The largest absolute Gasteiger partial charge is 0.497 e. The molecule has 0 spiro atoms. The molecular weight excluding hydrogens is 873 g/mol. The first kappa shape index (κ1) is 45.8. The van der Waals surface area contributed by atoms with Crippen LogP contribution >= 0.6 is 0 Å². The van der Waals surface area contributed by atoms with E-state index in [-0.39, 0.29) is 45.4 Å². The summed E-state index contributed by atoms with van der Waals surface area (Å²) in [5.41, 5.74) is 3.15. The second-order valence-corrected chi connectivity index (χ2v) is 21.8. The Labute approximate surface area is 354 Å². The summed E-state index contributed by atoms with van der Waals surface area (Å²) in [4.78, 5) is 1.29. The Hall–Kier alpha value is -4.76. The van der Waals surface area contributed by atoms with Crippen LogP contribution in [0, 0.1) is 0 Å². The molecule has 2 aromatic heterocycles. The van der Waals surface area contributed by atoms with E-state index in [0.29, 0.717) is 69.0 Å². The van der Waals surface area contributed by atoms with Crippen molar-refractivity contribution in [2.24, 2.45) is 10.3 Å². The summed E-state index contributed by atoms with van der Waals surface area (Å²) in [5.74, 6) is 1.12. The highest BCUT2D eigenvalue weighted by atomic mass is 32.2. The average Bonchev–Trinajstić information content (AvgIpc) is 3.90. The highest BCUT2D eigenvalue weighted by Crippen LogP contribution is 2.41. The van der Waals surface area contributed by atoms with Crippen LogP contribution in [0.2, 0.25) is 0 Å². The van der Waals surface area contributed by atoms with E-state index in [9.17, 15) is 33.7 Å². The summed E-state index contributed by atoms with van der Waals surface area (Å²) in [6.45, 7) is 0.339. The minimum atomic E-state index is -4.06. The number of rotatable bonds is 13. The smallest absolute Gasteiger partial charge is 0.238 e. The van der Waals surface area contributed by atoms with Crippen molar-refractivity contribution in [2.75, 3.05) is 19.6 Å². The Kier molecular flexibility index (Phi) is 14.0. The van der Waals surface area contributed by atoms with E-state index in [2.05, 4.69) is 45.5 Å². The van der Waals surface area contributed by atoms with Gasteiger partial charge >= 0.3 is 0 Å². The van der Waals surface area contributed by atoms with Crippen LogP contribution in [0.25, 0.3) is 22.8 Å². The minimum absolute atomic E-state index is 0.00199. The van der Waals surface area contributed by atoms with Crippen molar-refractivity contribution in [1.29, 1.82) is 0 Å². The van der Waals surface area contributed by atoms with Gasteiger partial charge in [0.15, 0.2) is 0 Å². The monoisotopic (exact) mass is 920 g/mol. The van der Waals surface area contributed by atoms with Crippen molar-refractivity contribution in [3.8, 4) is 28.5 Å². The highest BCUT2D eigenvalue weighted by Gasteiger charge is 2.32. The molecule has 2 fully saturated rings. The number of H-pyrrole nitrogens is 1. The molecule has 2 heterocycles. The lowest BCUT2D eigenvalue weighted by Gasteiger charge is -2.30. The predicted octanol–water partition coefficient (Wildman–Crippen LogP) is 1.71. The van der Waals surface area contributed by atoms with Gasteiger partial charge < -0.3 is 4.74 Å². The molecule has 3 aromatic carbocycles. The van der Waals surface area contributed by atoms with E-state index in [4.69, 9.17) is 15.0 Å². The van der Waals surface area contributed by atoms with Gasteiger partial charge in [0.25, 0.3) is 0 Å². The lowest BCUT2D eigenvalue weighted by Crippen LogP contribution is -2.36. The molecule has 330 valence electrons. The van der Waals surface area contributed by atoms with Crippen LogP contribution in [0.5, 0.6) is 5.75 Å². The fourth-order valence-corrected chi connectivity index (χ4v) is 11.2. The Morgan fingerprint density at radius 2 is 1.15 bits per heavy atom. The van der Waals surface area contributed by atoms with E-state index in [1.807, 2.05) is 36.4 Å². The molecule has 21 nitrogen and oxygen atoms in total. The highest BCUT2D eigenvalue weighted by molar-refractivity contribution is 7.89. The molecule has 0 unspecified atom stereocenters. The quantitative estimate of drug-likeness (QED) is 0.112. The maximum atomic E-state index is 12.4. The van der Waals surface area contributed by atoms with Crippen molar-refractivity contribution in [1.82, 2.24) is 50.3 Å². The number of hydrogen-bond acceptors (Lipinski definition) is 15. The van der Waals surface area contributed by atoms with Crippen molar-refractivity contribution >= 4 is 40.1 Å². The summed E-state index contributed by atoms with van der Waals surface area (Å²) < 4.78 is 105. The molecule has 0 radical (unpaired) electrons. The maximum absolute atomic E-state index is 12.4. The number of tetrazole rings is 2. The first-order valence-electron chi connectivity index (χ1n) is 19.1. The summed E-state index contributed by atoms with van der Waals surface area (Å²) >= 11 is 0. The van der Waals surface area contributed by atoms with Crippen molar-refractivity contribution in [2.45, 2.75) is 91.6 Å². The molecule has 2 aliphatic rings. The van der Waals surface area contributed by atoms with Crippen LogP contribution in [0.3, 0.4) is 0 Å². The Morgan fingerprint density at radius 1 is 0.672 bits per heavy atom. The second kappa shape index (κ2) is 18.7. The zero-order chi connectivity index (χ0) is 44.2. The van der Waals surface area contributed by atoms with Gasteiger partial charge in [-0.3, -0.25) is 0 Å². The third-order valence-corrected chi connectivity index (χ3v) is 14.0. The number of ether oxygens (including phenoxy) is 1. The van der Waals surface area contributed by atoms with Crippen LogP contribution in [0.15, 0.2) is 70.5 Å².